The molecule has 0 radical (unpaired) electrons. The Bertz CT molecular complexity index is 261. The van der Waals surface area contributed by atoms with Gasteiger partial charge < -0.3 is 14.6 Å². The fourth-order valence-electron chi connectivity index (χ4n) is 1.23. The van der Waals surface area contributed by atoms with Crippen molar-refractivity contribution < 1.29 is 4.74 Å². The quantitative estimate of drug-likeness (QED) is 0.715. The van der Waals surface area contributed by atoms with Crippen LogP contribution in [-0.4, -0.2) is 34.5 Å². The number of rotatable bonds is 6. The number of hydrogen-bond acceptors (Lipinski definition) is 4. The van der Waals surface area contributed by atoms with Gasteiger partial charge in [0.2, 0.25) is 0 Å². The Kier molecular flexibility index (Phi) is 4.55. The maximum atomic E-state index is 5.09. The summed E-state index contributed by atoms with van der Waals surface area (Å²) in [7, 11) is 3.65. The zero-order valence-electron chi connectivity index (χ0n) is 9.03. The van der Waals surface area contributed by atoms with Crippen LogP contribution < -0.4 is 5.32 Å². The highest BCUT2D eigenvalue weighted by Gasteiger charge is 2.06. The molecule has 0 saturated carbocycles. The van der Waals surface area contributed by atoms with Gasteiger partial charge in [0.05, 0.1) is 13.2 Å². The zero-order chi connectivity index (χ0) is 10.4. The Hall–Kier alpha value is -0.940. The van der Waals surface area contributed by atoms with Crippen molar-refractivity contribution in [2.45, 2.75) is 25.9 Å². The van der Waals surface area contributed by atoms with Gasteiger partial charge in [-0.2, -0.15) is 0 Å². The van der Waals surface area contributed by atoms with E-state index >= 15 is 0 Å². The minimum absolute atomic E-state index is 0.386. The van der Waals surface area contributed by atoms with E-state index < -0.39 is 0 Å². The molecule has 80 valence electrons. The first-order valence-corrected chi connectivity index (χ1v) is 4.83. The fourth-order valence-corrected chi connectivity index (χ4v) is 1.23. The van der Waals surface area contributed by atoms with Gasteiger partial charge in [0.25, 0.3) is 0 Å². The molecule has 0 aliphatic heterocycles. The van der Waals surface area contributed by atoms with E-state index in [9.17, 15) is 0 Å². The number of nitrogens with zero attached hydrogens (tertiary/aromatic N) is 3. The lowest BCUT2D eigenvalue weighted by Crippen LogP contribution is -2.32. The van der Waals surface area contributed by atoms with Crippen molar-refractivity contribution in [1.29, 1.82) is 0 Å². The van der Waals surface area contributed by atoms with Crippen LogP contribution in [-0.2, 0) is 18.3 Å². The highest BCUT2D eigenvalue weighted by atomic mass is 16.5. The summed E-state index contributed by atoms with van der Waals surface area (Å²) in [6.45, 7) is 3.60. The molecule has 0 aliphatic carbocycles. The van der Waals surface area contributed by atoms with Crippen molar-refractivity contribution in [3.63, 3.8) is 0 Å². The van der Waals surface area contributed by atoms with Crippen LogP contribution in [0.5, 0.6) is 0 Å². The molecule has 0 aromatic carbocycles. The summed E-state index contributed by atoms with van der Waals surface area (Å²) in [6, 6.07) is 0.386. The number of hydrogen-bond donors (Lipinski definition) is 1. The van der Waals surface area contributed by atoms with Crippen LogP contribution in [0.2, 0.25) is 0 Å². The lowest BCUT2D eigenvalue weighted by Gasteiger charge is -2.15. The summed E-state index contributed by atoms with van der Waals surface area (Å²) < 4.78 is 7.00. The standard InChI is InChI=1S/C9H18N4O/c1-4-8(6-14-3)10-5-9-12-11-7-13(9)2/h7-8,10H,4-6H2,1-3H3. The van der Waals surface area contributed by atoms with E-state index in [1.165, 1.54) is 0 Å². The van der Waals surface area contributed by atoms with E-state index in [4.69, 9.17) is 4.74 Å². The van der Waals surface area contributed by atoms with Gasteiger partial charge >= 0.3 is 0 Å². The lowest BCUT2D eigenvalue weighted by molar-refractivity contribution is 0.163. The molecule has 0 amide bonds. The molecule has 0 aliphatic rings. The van der Waals surface area contributed by atoms with Gasteiger partial charge in [0.15, 0.2) is 0 Å². The zero-order valence-corrected chi connectivity index (χ0v) is 9.03. The molecule has 1 unspecified atom stereocenters. The molecule has 1 aromatic heterocycles. The summed E-state index contributed by atoms with van der Waals surface area (Å²) in [5.74, 6) is 0.944. The molecule has 1 N–H and O–H groups in total. The monoisotopic (exact) mass is 198 g/mol. The van der Waals surface area contributed by atoms with Gasteiger partial charge in [-0.25, -0.2) is 0 Å². The van der Waals surface area contributed by atoms with E-state index in [0.29, 0.717) is 6.04 Å². The fraction of sp³-hybridized carbons (Fsp3) is 0.778. The third kappa shape index (κ3) is 3.08. The molecule has 1 rings (SSSR count). The summed E-state index contributed by atoms with van der Waals surface area (Å²) in [4.78, 5) is 0. The van der Waals surface area contributed by atoms with Crippen molar-refractivity contribution in [1.82, 2.24) is 20.1 Å². The smallest absolute Gasteiger partial charge is 0.146 e. The summed E-state index contributed by atoms with van der Waals surface area (Å²) in [6.07, 6.45) is 2.75. The lowest BCUT2D eigenvalue weighted by atomic mass is 10.2. The summed E-state index contributed by atoms with van der Waals surface area (Å²) >= 11 is 0. The Morgan fingerprint density at radius 3 is 2.93 bits per heavy atom. The third-order valence-corrected chi connectivity index (χ3v) is 2.21. The van der Waals surface area contributed by atoms with Crippen LogP contribution in [0.25, 0.3) is 0 Å². The molecule has 5 heteroatoms. The van der Waals surface area contributed by atoms with E-state index in [2.05, 4.69) is 22.4 Å². The number of ether oxygens (including phenoxy) is 1. The van der Waals surface area contributed by atoms with Gasteiger partial charge in [-0.3, -0.25) is 0 Å². The second-order valence-electron chi connectivity index (χ2n) is 3.30. The molecular weight excluding hydrogens is 180 g/mol. The first-order chi connectivity index (χ1) is 6.77. The molecule has 1 heterocycles. The average Bonchev–Trinajstić information content (AvgIpc) is 2.59. The molecule has 0 spiro atoms. The van der Waals surface area contributed by atoms with Crippen molar-refractivity contribution in [2.75, 3.05) is 13.7 Å². The first kappa shape index (κ1) is 11.1. The second kappa shape index (κ2) is 5.72. The van der Waals surface area contributed by atoms with Crippen LogP contribution >= 0.6 is 0 Å². The van der Waals surface area contributed by atoms with Gasteiger partial charge in [-0.1, -0.05) is 6.92 Å². The molecular formula is C9H18N4O. The van der Waals surface area contributed by atoms with Crippen molar-refractivity contribution >= 4 is 0 Å². The number of nitrogens with one attached hydrogen (secondary N) is 1. The van der Waals surface area contributed by atoms with Crippen LogP contribution in [0.15, 0.2) is 6.33 Å². The minimum atomic E-state index is 0.386. The topological polar surface area (TPSA) is 52.0 Å². The molecule has 1 atom stereocenters. The predicted molar refractivity (Wildman–Crippen MR) is 53.8 cm³/mol. The van der Waals surface area contributed by atoms with Crippen LogP contribution in [0.3, 0.4) is 0 Å². The average molecular weight is 198 g/mol. The number of methoxy groups -OCH3 is 1. The molecule has 5 nitrogen and oxygen atoms in total. The van der Waals surface area contributed by atoms with Gasteiger partial charge in [-0.05, 0) is 6.42 Å². The molecule has 0 fully saturated rings. The Morgan fingerprint density at radius 2 is 2.43 bits per heavy atom. The summed E-state index contributed by atoms with van der Waals surface area (Å²) in [5.41, 5.74) is 0. The SMILES string of the molecule is CCC(COC)NCc1nncn1C. The first-order valence-electron chi connectivity index (χ1n) is 4.83. The van der Waals surface area contributed by atoms with Gasteiger partial charge in [0, 0.05) is 20.2 Å². The van der Waals surface area contributed by atoms with Crippen LogP contribution in [0.1, 0.15) is 19.2 Å². The molecule has 14 heavy (non-hydrogen) atoms. The van der Waals surface area contributed by atoms with Crippen molar-refractivity contribution in [3.05, 3.63) is 12.2 Å². The van der Waals surface area contributed by atoms with E-state index in [0.717, 1.165) is 25.4 Å². The Morgan fingerprint density at radius 1 is 1.64 bits per heavy atom. The normalized spacial score (nSPS) is 13.1. The third-order valence-electron chi connectivity index (χ3n) is 2.21. The highest BCUT2D eigenvalue weighted by Crippen LogP contribution is 1.95. The summed E-state index contributed by atoms with van der Waals surface area (Å²) in [5, 5.41) is 11.2. The Balaban J connectivity index is 2.35. The maximum Gasteiger partial charge on any atom is 0.146 e. The van der Waals surface area contributed by atoms with Crippen LogP contribution in [0, 0.1) is 0 Å². The number of aryl methyl sites for hydroxylation is 1. The van der Waals surface area contributed by atoms with Gasteiger partial charge in [0.1, 0.15) is 12.2 Å². The van der Waals surface area contributed by atoms with Crippen molar-refractivity contribution in [3.8, 4) is 0 Å². The van der Waals surface area contributed by atoms with Crippen LogP contribution in [0.4, 0.5) is 0 Å². The van der Waals surface area contributed by atoms with E-state index in [1.54, 1.807) is 13.4 Å². The Labute approximate surface area is 84.5 Å². The maximum absolute atomic E-state index is 5.09. The number of aromatic nitrogens is 3. The molecule has 1 aromatic rings. The van der Waals surface area contributed by atoms with E-state index in [1.807, 2.05) is 11.6 Å². The second-order valence-corrected chi connectivity index (χ2v) is 3.30. The largest absolute Gasteiger partial charge is 0.383 e. The molecule has 0 bridgehead atoms. The van der Waals surface area contributed by atoms with E-state index in [-0.39, 0.29) is 0 Å². The van der Waals surface area contributed by atoms with Gasteiger partial charge in [-0.15, -0.1) is 10.2 Å². The van der Waals surface area contributed by atoms with Crippen molar-refractivity contribution in [2.24, 2.45) is 7.05 Å². The molecule has 0 saturated heterocycles. The predicted octanol–water partition coefficient (Wildman–Crippen LogP) is 0.330. The minimum Gasteiger partial charge on any atom is -0.383 e. The highest BCUT2D eigenvalue weighted by molar-refractivity contribution is 4.84.